The smallest absolute Gasteiger partial charge is 0.266 e. The van der Waals surface area contributed by atoms with Crippen LogP contribution in [0.25, 0.3) is 11.1 Å². The second-order valence-corrected chi connectivity index (χ2v) is 3.27. The highest BCUT2D eigenvalue weighted by molar-refractivity contribution is 7.71. The SMILES string of the molecule is Cc1ccc2[nH]c(=S)oc2c1C. The van der Waals surface area contributed by atoms with Gasteiger partial charge in [0.1, 0.15) is 0 Å². The van der Waals surface area contributed by atoms with Crippen molar-refractivity contribution in [2.45, 2.75) is 13.8 Å². The number of aromatic amines is 1. The molecule has 1 N–H and O–H groups in total. The quantitative estimate of drug-likeness (QED) is 0.629. The fourth-order valence-electron chi connectivity index (χ4n) is 1.25. The van der Waals surface area contributed by atoms with Crippen molar-refractivity contribution in [1.29, 1.82) is 0 Å². The second-order valence-electron chi connectivity index (χ2n) is 2.90. The Morgan fingerprint density at radius 3 is 2.83 bits per heavy atom. The molecule has 1 aromatic carbocycles. The summed E-state index contributed by atoms with van der Waals surface area (Å²) in [6.07, 6.45) is 0. The zero-order chi connectivity index (χ0) is 8.72. The summed E-state index contributed by atoms with van der Waals surface area (Å²) in [6, 6.07) is 4.04. The van der Waals surface area contributed by atoms with E-state index >= 15 is 0 Å². The number of H-pyrrole nitrogens is 1. The van der Waals surface area contributed by atoms with Crippen LogP contribution in [0.2, 0.25) is 0 Å². The third-order valence-corrected chi connectivity index (χ3v) is 2.29. The molecule has 0 bridgehead atoms. The van der Waals surface area contributed by atoms with E-state index in [4.69, 9.17) is 16.6 Å². The molecule has 2 nitrogen and oxygen atoms in total. The van der Waals surface area contributed by atoms with Crippen LogP contribution in [0.3, 0.4) is 0 Å². The molecule has 0 aliphatic rings. The van der Waals surface area contributed by atoms with Crippen molar-refractivity contribution in [3.8, 4) is 0 Å². The molecule has 0 spiro atoms. The van der Waals surface area contributed by atoms with Crippen LogP contribution < -0.4 is 0 Å². The van der Waals surface area contributed by atoms with E-state index in [1.54, 1.807) is 0 Å². The molecule has 0 atom stereocenters. The Hall–Kier alpha value is -1.09. The first-order valence-electron chi connectivity index (χ1n) is 3.77. The summed E-state index contributed by atoms with van der Waals surface area (Å²) in [4.78, 5) is 3.42. The van der Waals surface area contributed by atoms with E-state index in [0.29, 0.717) is 4.84 Å². The number of hydrogen-bond donors (Lipinski definition) is 1. The fourth-order valence-corrected chi connectivity index (χ4v) is 1.44. The number of hydrogen-bond acceptors (Lipinski definition) is 2. The summed E-state index contributed by atoms with van der Waals surface area (Å²) in [7, 11) is 0. The van der Waals surface area contributed by atoms with Crippen molar-refractivity contribution in [3.05, 3.63) is 28.1 Å². The molecule has 0 saturated carbocycles. The summed E-state index contributed by atoms with van der Waals surface area (Å²) in [5.74, 6) is 0. The number of aromatic nitrogens is 1. The van der Waals surface area contributed by atoms with Crippen LogP contribution >= 0.6 is 12.2 Å². The first-order chi connectivity index (χ1) is 5.68. The topological polar surface area (TPSA) is 28.9 Å². The molecule has 0 radical (unpaired) electrons. The molecule has 2 rings (SSSR count). The molecule has 1 aromatic heterocycles. The van der Waals surface area contributed by atoms with Gasteiger partial charge in [-0.25, -0.2) is 0 Å². The predicted octanol–water partition coefficient (Wildman–Crippen LogP) is 3.11. The average Bonchev–Trinajstić information content (AvgIpc) is 2.39. The van der Waals surface area contributed by atoms with E-state index < -0.39 is 0 Å². The lowest BCUT2D eigenvalue weighted by molar-refractivity contribution is 0.581. The minimum atomic E-state index is 0.443. The Kier molecular flexibility index (Phi) is 1.54. The van der Waals surface area contributed by atoms with E-state index in [-0.39, 0.29) is 0 Å². The van der Waals surface area contributed by atoms with Crippen molar-refractivity contribution in [2.75, 3.05) is 0 Å². The first-order valence-corrected chi connectivity index (χ1v) is 4.18. The molecule has 0 amide bonds. The summed E-state index contributed by atoms with van der Waals surface area (Å²) < 4.78 is 5.34. The van der Waals surface area contributed by atoms with Crippen LogP contribution in [0.1, 0.15) is 11.1 Å². The van der Waals surface area contributed by atoms with Gasteiger partial charge >= 0.3 is 0 Å². The molecule has 0 unspecified atom stereocenters. The molecule has 1 heterocycles. The summed E-state index contributed by atoms with van der Waals surface area (Å²) in [5, 5.41) is 0. The van der Waals surface area contributed by atoms with Gasteiger partial charge in [-0.3, -0.25) is 0 Å². The van der Waals surface area contributed by atoms with E-state index in [2.05, 4.69) is 18.0 Å². The van der Waals surface area contributed by atoms with Crippen LogP contribution in [0.15, 0.2) is 16.5 Å². The molecule has 62 valence electrons. The molecular weight excluding hydrogens is 170 g/mol. The van der Waals surface area contributed by atoms with Crippen molar-refractivity contribution < 1.29 is 4.42 Å². The van der Waals surface area contributed by atoms with Crippen molar-refractivity contribution in [2.24, 2.45) is 0 Å². The van der Waals surface area contributed by atoms with Gasteiger partial charge in [-0.1, -0.05) is 6.07 Å². The number of rotatable bonds is 0. The molecule has 0 aliphatic carbocycles. The zero-order valence-corrected chi connectivity index (χ0v) is 7.79. The van der Waals surface area contributed by atoms with E-state index in [1.165, 1.54) is 5.56 Å². The van der Waals surface area contributed by atoms with Crippen LogP contribution in [0, 0.1) is 18.7 Å². The highest BCUT2D eigenvalue weighted by atomic mass is 32.1. The van der Waals surface area contributed by atoms with Gasteiger partial charge in [0, 0.05) is 0 Å². The van der Waals surface area contributed by atoms with Gasteiger partial charge in [-0.05, 0) is 43.3 Å². The summed E-state index contributed by atoms with van der Waals surface area (Å²) in [6.45, 7) is 4.09. The number of benzene rings is 1. The van der Waals surface area contributed by atoms with E-state index in [1.807, 2.05) is 13.0 Å². The Balaban J connectivity index is 2.99. The predicted molar refractivity (Wildman–Crippen MR) is 50.9 cm³/mol. The largest absolute Gasteiger partial charge is 0.429 e. The Bertz CT molecular complexity index is 481. The van der Waals surface area contributed by atoms with Crippen LogP contribution in [-0.4, -0.2) is 4.98 Å². The van der Waals surface area contributed by atoms with Crippen LogP contribution in [0.5, 0.6) is 0 Å². The third-order valence-electron chi connectivity index (χ3n) is 2.11. The molecule has 12 heavy (non-hydrogen) atoms. The number of aryl methyl sites for hydroxylation is 2. The fraction of sp³-hybridized carbons (Fsp3) is 0.222. The molecule has 0 aliphatic heterocycles. The van der Waals surface area contributed by atoms with Gasteiger partial charge in [0.15, 0.2) is 5.58 Å². The summed E-state index contributed by atoms with van der Waals surface area (Å²) >= 11 is 4.89. The van der Waals surface area contributed by atoms with Gasteiger partial charge < -0.3 is 9.40 Å². The summed E-state index contributed by atoms with van der Waals surface area (Å²) in [5.41, 5.74) is 4.23. The van der Waals surface area contributed by atoms with Gasteiger partial charge in [-0.15, -0.1) is 0 Å². The monoisotopic (exact) mass is 179 g/mol. The van der Waals surface area contributed by atoms with Crippen molar-refractivity contribution in [1.82, 2.24) is 4.98 Å². The average molecular weight is 179 g/mol. The molecule has 0 fully saturated rings. The maximum atomic E-state index is 5.34. The minimum absolute atomic E-state index is 0.443. The lowest BCUT2D eigenvalue weighted by Crippen LogP contribution is -1.79. The minimum Gasteiger partial charge on any atom is -0.429 e. The van der Waals surface area contributed by atoms with E-state index in [9.17, 15) is 0 Å². The standard InChI is InChI=1S/C9H9NOS/c1-5-3-4-7-8(6(5)2)11-9(12)10-7/h3-4H,1-2H3,(H,10,12). The second kappa shape index (κ2) is 2.45. The van der Waals surface area contributed by atoms with Gasteiger partial charge in [-0.2, -0.15) is 0 Å². The van der Waals surface area contributed by atoms with Crippen molar-refractivity contribution >= 4 is 23.3 Å². The lowest BCUT2D eigenvalue weighted by atomic mass is 10.1. The van der Waals surface area contributed by atoms with Gasteiger partial charge in [0.05, 0.1) is 5.52 Å². The maximum Gasteiger partial charge on any atom is 0.266 e. The van der Waals surface area contributed by atoms with Gasteiger partial charge in [0.25, 0.3) is 4.84 Å². The highest BCUT2D eigenvalue weighted by Crippen LogP contribution is 2.20. The number of nitrogens with one attached hydrogen (secondary N) is 1. The van der Waals surface area contributed by atoms with Crippen LogP contribution in [0.4, 0.5) is 0 Å². The number of fused-ring (bicyclic) bond motifs is 1. The lowest BCUT2D eigenvalue weighted by Gasteiger charge is -1.97. The molecule has 0 saturated heterocycles. The maximum absolute atomic E-state index is 5.34. The molecule has 3 heteroatoms. The van der Waals surface area contributed by atoms with Crippen molar-refractivity contribution in [3.63, 3.8) is 0 Å². The van der Waals surface area contributed by atoms with E-state index in [0.717, 1.165) is 16.7 Å². The Labute approximate surface area is 75.2 Å². The molecular formula is C9H9NOS. The van der Waals surface area contributed by atoms with Crippen LogP contribution in [-0.2, 0) is 0 Å². The normalized spacial score (nSPS) is 10.8. The zero-order valence-electron chi connectivity index (χ0n) is 6.97. The first kappa shape index (κ1) is 7.55. The third kappa shape index (κ3) is 0.975. The Morgan fingerprint density at radius 1 is 1.33 bits per heavy atom. The highest BCUT2D eigenvalue weighted by Gasteiger charge is 2.03. The van der Waals surface area contributed by atoms with Gasteiger partial charge in [0.2, 0.25) is 0 Å². The Morgan fingerprint density at radius 2 is 2.08 bits per heavy atom. The number of oxazole rings is 1. The molecule has 2 aromatic rings.